The lowest BCUT2D eigenvalue weighted by atomic mass is 9.81. The second kappa shape index (κ2) is 7.20. The van der Waals surface area contributed by atoms with E-state index in [2.05, 4.69) is 21.8 Å². The van der Waals surface area contributed by atoms with Gasteiger partial charge < -0.3 is 10.6 Å². The van der Waals surface area contributed by atoms with Crippen LogP contribution in [0.25, 0.3) is 0 Å². The smallest absolute Gasteiger partial charge is 0.251 e. The summed E-state index contributed by atoms with van der Waals surface area (Å²) in [6.07, 6.45) is 0. The zero-order valence-corrected chi connectivity index (χ0v) is 17.0. The molecule has 148 valence electrons. The van der Waals surface area contributed by atoms with Gasteiger partial charge in [0.05, 0.1) is 5.69 Å². The van der Waals surface area contributed by atoms with Gasteiger partial charge in [-0.2, -0.15) is 5.10 Å². The molecule has 0 saturated carbocycles. The molecule has 6 heteroatoms. The van der Waals surface area contributed by atoms with Gasteiger partial charge in [0, 0.05) is 24.1 Å². The SMILES string of the molecule is Cc1cccc(C(=O)NC2C(=O)Nc3c(c(C)nn3C)C2c2cccc(C)c2)c1. The number of nitrogens with one attached hydrogen (secondary N) is 2. The molecule has 1 aromatic heterocycles. The Labute approximate surface area is 169 Å². The number of hydrogen-bond acceptors (Lipinski definition) is 3. The van der Waals surface area contributed by atoms with E-state index in [1.165, 1.54) is 0 Å². The van der Waals surface area contributed by atoms with Crippen LogP contribution in [0.2, 0.25) is 0 Å². The van der Waals surface area contributed by atoms with Crippen LogP contribution < -0.4 is 10.6 Å². The quantitative estimate of drug-likeness (QED) is 0.723. The molecule has 2 unspecified atom stereocenters. The summed E-state index contributed by atoms with van der Waals surface area (Å²) in [6.45, 7) is 5.88. The van der Waals surface area contributed by atoms with E-state index in [9.17, 15) is 9.59 Å². The third-order valence-electron chi connectivity index (χ3n) is 5.41. The third-order valence-corrected chi connectivity index (χ3v) is 5.41. The highest BCUT2D eigenvalue weighted by atomic mass is 16.2. The summed E-state index contributed by atoms with van der Waals surface area (Å²) in [5.41, 5.74) is 5.38. The molecule has 1 aliphatic heterocycles. The largest absolute Gasteiger partial charge is 0.339 e. The fourth-order valence-corrected chi connectivity index (χ4v) is 4.09. The van der Waals surface area contributed by atoms with E-state index in [0.717, 1.165) is 27.9 Å². The lowest BCUT2D eigenvalue weighted by Gasteiger charge is -2.32. The van der Waals surface area contributed by atoms with Gasteiger partial charge in [0.15, 0.2) is 0 Å². The van der Waals surface area contributed by atoms with E-state index in [4.69, 9.17) is 0 Å². The number of amides is 2. The summed E-state index contributed by atoms with van der Waals surface area (Å²) >= 11 is 0. The van der Waals surface area contributed by atoms with Crippen molar-refractivity contribution in [2.24, 2.45) is 7.05 Å². The van der Waals surface area contributed by atoms with E-state index >= 15 is 0 Å². The van der Waals surface area contributed by atoms with Gasteiger partial charge in [-0.3, -0.25) is 14.3 Å². The minimum Gasteiger partial charge on any atom is -0.339 e. The molecule has 29 heavy (non-hydrogen) atoms. The molecule has 6 nitrogen and oxygen atoms in total. The zero-order chi connectivity index (χ0) is 20.7. The number of carbonyl (C=O) groups excluding carboxylic acids is 2. The molecule has 2 atom stereocenters. The molecule has 0 radical (unpaired) electrons. The molecule has 1 aliphatic rings. The van der Waals surface area contributed by atoms with Gasteiger partial charge in [0.1, 0.15) is 11.9 Å². The molecule has 0 bridgehead atoms. The van der Waals surface area contributed by atoms with Crippen LogP contribution in [0.1, 0.15) is 44.2 Å². The predicted molar refractivity (Wildman–Crippen MR) is 112 cm³/mol. The zero-order valence-electron chi connectivity index (χ0n) is 17.0. The summed E-state index contributed by atoms with van der Waals surface area (Å²) in [4.78, 5) is 26.0. The number of fused-ring (bicyclic) bond motifs is 1. The number of hydrogen-bond donors (Lipinski definition) is 2. The maximum Gasteiger partial charge on any atom is 0.251 e. The average Bonchev–Trinajstić information content (AvgIpc) is 2.95. The van der Waals surface area contributed by atoms with Crippen LogP contribution in [0.5, 0.6) is 0 Å². The summed E-state index contributed by atoms with van der Waals surface area (Å²) in [5.74, 6) is -0.148. The van der Waals surface area contributed by atoms with Gasteiger partial charge >= 0.3 is 0 Å². The number of nitrogens with zero attached hydrogens (tertiary/aromatic N) is 2. The Morgan fingerprint density at radius 1 is 1.07 bits per heavy atom. The van der Waals surface area contributed by atoms with Crippen LogP contribution in [-0.2, 0) is 11.8 Å². The van der Waals surface area contributed by atoms with Gasteiger partial charge in [0.2, 0.25) is 5.91 Å². The summed E-state index contributed by atoms with van der Waals surface area (Å²) in [6, 6.07) is 14.7. The molecule has 2 N–H and O–H groups in total. The van der Waals surface area contributed by atoms with E-state index in [0.29, 0.717) is 11.4 Å². The van der Waals surface area contributed by atoms with Gasteiger partial charge in [-0.25, -0.2) is 0 Å². The maximum absolute atomic E-state index is 13.1. The summed E-state index contributed by atoms with van der Waals surface area (Å²) < 4.78 is 1.68. The maximum atomic E-state index is 13.1. The molecule has 2 heterocycles. The third kappa shape index (κ3) is 3.42. The first-order chi connectivity index (χ1) is 13.8. The molecule has 0 fully saturated rings. The minimum absolute atomic E-state index is 0.243. The van der Waals surface area contributed by atoms with Crippen molar-refractivity contribution < 1.29 is 9.59 Å². The van der Waals surface area contributed by atoms with Gasteiger partial charge in [-0.15, -0.1) is 0 Å². The first-order valence-electron chi connectivity index (χ1n) is 9.63. The Morgan fingerprint density at radius 2 is 1.76 bits per heavy atom. The minimum atomic E-state index is -0.736. The molecule has 2 amide bonds. The van der Waals surface area contributed by atoms with Gasteiger partial charge in [-0.1, -0.05) is 47.5 Å². The molecule has 0 saturated heterocycles. The lowest BCUT2D eigenvalue weighted by Crippen LogP contribution is -2.50. The fourth-order valence-electron chi connectivity index (χ4n) is 4.09. The highest BCUT2D eigenvalue weighted by Gasteiger charge is 2.41. The fraction of sp³-hybridized carbons (Fsp3) is 0.261. The van der Waals surface area contributed by atoms with E-state index in [1.807, 2.05) is 64.2 Å². The van der Waals surface area contributed by atoms with Crippen LogP contribution in [-0.4, -0.2) is 27.6 Å². The van der Waals surface area contributed by atoms with Gasteiger partial charge in [-0.05, 0) is 38.5 Å². The van der Waals surface area contributed by atoms with Crippen molar-refractivity contribution in [1.29, 1.82) is 0 Å². The Kier molecular flexibility index (Phi) is 4.70. The first-order valence-corrected chi connectivity index (χ1v) is 9.63. The topological polar surface area (TPSA) is 76.0 Å². The summed E-state index contributed by atoms with van der Waals surface area (Å²) in [5, 5.41) is 10.4. The Morgan fingerprint density at radius 3 is 2.45 bits per heavy atom. The predicted octanol–water partition coefficient (Wildman–Crippen LogP) is 3.23. The Balaban J connectivity index is 1.79. The number of carbonyl (C=O) groups is 2. The Hall–Kier alpha value is -3.41. The average molecular weight is 388 g/mol. The number of aryl methyl sites for hydroxylation is 4. The molecule has 3 aromatic rings. The second-order valence-corrected chi connectivity index (χ2v) is 7.67. The number of rotatable bonds is 3. The van der Waals surface area contributed by atoms with Crippen LogP contribution in [0.4, 0.5) is 5.82 Å². The van der Waals surface area contributed by atoms with E-state index in [-0.39, 0.29) is 17.7 Å². The number of aromatic nitrogens is 2. The highest BCUT2D eigenvalue weighted by Crippen LogP contribution is 2.39. The number of benzene rings is 2. The monoisotopic (exact) mass is 388 g/mol. The van der Waals surface area contributed by atoms with Crippen LogP contribution >= 0.6 is 0 Å². The number of anilines is 1. The van der Waals surface area contributed by atoms with Crippen molar-refractivity contribution in [3.05, 3.63) is 82.0 Å². The summed E-state index contributed by atoms with van der Waals surface area (Å²) in [7, 11) is 1.81. The normalized spacial score (nSPS) is 18.1. The Bertz CT molecular complexity index is 1120. The van der Waals surface area contributed by atoms with Crippen molar-refractivity contribution in [1.82, 2.24) is 15.1 Å². The molecule has 0 aliphatic carbocycles. The van der Waals surface area contributed by atoms with Crippen molar-refractivity contribution in [3.63, 3.8) is 0 Å². The molecular weight excluding hydrogens is 364 g/mol. The standard InChI is InChI=1S/C23H24N4O2/c1-13-7-5-9-16(11-13)19-18-15(3)26-27(4)21(18)25-23(29)20(19)24-22(28)17-10-6-8-14(2)12-17/h5-12,19-20H,1-4H3,(H,24,28)(H,25,29). The van der Waals surface area contributed by atoms with E-state index in [1.54, 1.807) is 10.7 Å². The van der Waals surface area contributed by atoms with Crippen LogP contribution in [0, 0.1) is 20.8 Å². The van der Waals surface area contributed by atoms with Gasteiger partial charge in [0.25, 0.3) is 5.91 Å². The van der Waals surface area contributed by atoms with Crippen molar-refractivity contribution in [2.45, 2.75) is 32.7 Å². The van der Waals surface area contributed by atoms with Crippen LogP contribution in [0.15, 0.2) is 48.5 Å². The first kappa shape index (κ1) is 18.9. The van der Waals surface area contributed by atoms with Crippen LogP contribution in [0.3, 0.4) is 0 Å². The van der Waals surface area contributed by atoms with Crippen molar-refractivity contribution in [3.8, 4) is 0 Å². The highest BCUT2D eigenvalue weighted by molar-refractivity contribution is 6.04. The molecule has 0 spiro atoms. The van der Waals surface area contributed by atoms with Crippen molar-refractivity contribution in [2.75, 3.05) is 5.32 Å². The lowest BCUT2D eigenvalue weighted by molar-refractivity contribution is -0.118. The molecule has 4 rings (SSSR count). The molecular formula is C23H24N4O2. The van der Waals surface area contributed by atoms with Crippen molar-refractivity contribution >= 4 is 17.6 Å². The molecule has 2 aromatic carbocycles. The second-order valence-electron chi connectivity index (χ2n) is 7.67. The van der Waals surface area contributed by atoms with E-state index < -0.39 is 6.04 Å².